The highest BCUT2D eigenvalue weighted by Gasteiger charge is 2.21. The maximum absolute atomic E-state index is 12.9. The fraction of sp³-hybridized carbons (Fsp3) is 0.0526. The van der Waals surface area contributed by atoms with Crippen LogP contribution in [-0.2, 0) is 6.61 Å². The first-order chi connectivity index (χ1) is 13.4. The molecule has 0 aliphatic carbocycles. The quantitative estimate of drug-likeness (QED) is 0.498. The molecule has 0 unspecified atom stereocenters. The van der Waals surface area contributed by atoms with Gasteiger partial charge in [-0.15, -0.1) is 0 Å². The summed E-state index contributed by atoms with van der Waals surface area (Å²) < 4.78 is 18.5. The highest BCUT2D eigenvalue weighted by molar-refractivity contribution is 5.67. The lowest BCUT2D eigenvalue weighted by molar-refractivity contribution is -0.387. The maximum atomic E-state index is 12.9. The molecule has 3 rings (SSSR count). The smallest absolute Gasteiger partial charge is 0.395 e. The molecule has 2 N–H and O–H groups in total. The van der Waals surface area contributed by atoms with Crippen LogP contribution in [0.4, 0.5) is 10.1 Å². The molecular weight excluding hydrogens is 369 g/mol. The standard InChI is InChI=1S/C19H14FN3O5/c20-14-6-1-13(2-7-14)11-28-15-8-3-12(4-9-15)5-10-16-21-18(24)17(23(26)27)19(25)22-16/h1-10H,11H2,(H2,21,22,24,25)/b10-5+. The minimum absolute atomic E-state index is 0.0234. The fourth-order valence-electron chi connectivity index (χ4n) is 2.31. The van der Waals surface area contributed by atoms with E-state index in [1.807, 2.05) is 0 Å². The van der Waals surface area contributed by atoms with Crippen LogP contribution in [0.25, 0.3) is 12.2 Å². The Kier molecular flexibility index (Phi) is 5.45. The third kappa shape index (κ3) is 4.58. The molecule has 0 aliphatic rings. The molecule has 0 bridgehead atoms. The number of nitrogens with zero attached hydrogens (tertiary/aromatic N) is 2. The van der Waals surface area contributed by atoms with Crippen molar-refractivity contribution in [3.63, 3.8) is 0 Å². The van der Waals surface area contributed by atoms with Gasteiger partial charge in [0.15, 0.2) is 0 Å². The predicted molar refractivity (Wildman–Crippen MR) is 99.3 cm³/mol. The molecule has 28 heavy (non-hydrogen) atoms. The lowest BCUT2D eigenvalue weighted by atomic mass is 10.2. The molecule has 142 valence electrons. The summed E-state index contributed by atoms with van der Waals surface area (Å²) >= 11 is 0. The lowest BCUT2D eigenvalue weighted by Gasteiger charge is -2.06. The van der Waals surface area contributed by atoms with E-state index in [-0.39, 0.29) is 11.6 Å². The first kappa shape index (κ1) is 18.8. The van der Waals surface area contributed by atoms with Crippen LogP contribution in [0.5, 0.6) is 11.6 Å². The Morgan fingerprint density at radius 2 is 1.82 bits per heavy atom. The third-order valence-electron chi connectivity index (χ3n) is 3.71. The number of aromatic nitrogens is 2. The van der Waals surface area contributed by atoms with E-state index in [1.54, 1.807) is 42.5 Å². The van der Waals surface area contributed by atoms with Gasteiger partial charge in [-0.25, -0.2) is 4.39 Å². The fourth-order valence-corrected chi connectivity index (χ4v) is 2.31. The van der Waals surface area contributed by atoms with Gasteiger partial charge in [0, 0.05) is 0 Å². The summed E-state index contributed by atoms with van der Waals surface area (Å²) in [6.45, 7) is 0.294. The van der Waals surface area contributed by atoms with E-state index in [0.29, 0.717) is 12.4 Å². The number of ether oxygens (including phenoxy) is 1. The van der Waals surface area contributed by atoms with Gasteiger partial charge in [-0.2, -0.15) is 4.98 Å². The Morgan fingerprint density at radius 3 is 2.43 bits per heavy atom. The van der Waals surface area contributed by atoms with E-state index in [1.165, 1.54) is 18.2 Å². The summed E-state index contributed by atoms with van der Waals surface area (Å²) in [5.41, 5.74) is -0.463. The second kappa shape index (κ2) is 8.12. The second-order valence-electron chi connectivity index (χ2n) is 5.70. The van der Waals surface area contributed by atoms with Crippen LogP contribution in [0.2, 0.25) is 0 Å². The lowest BCUT2D eigenvalue weighted by Crippen LogP contribution is -2.14. The Bertz CT molecular complexity index is 1080. The van der Waals surface area contributed by atoms with E-state index in [2.05, 4.69) is 9.97 Å². The Labute approximate surface area is 157 Å². The molecule has 0 fully saturated rings. The number of hydrogen-bond donors (Lipinski definition) is 2. The zero-order valence-corrected chi connectivity index (χ0v) is 14.3. The maximum Gasteiger partial charge on any atom is 0.395 e. The van der Waals surface area contributed by atoms with Crippen LogP contribution >= 0.6 is 0 Å². The number of hydrogen-bond acceptors (Lipinski definition) is 6. The Balaban J connectivity index is 1.66. The zero-order chi connectivity index (χ0) is 20.1. The van der Waals surface area contributed by atoms with Crippen molar-refractivity contribution < 1.29 is 19.2 Å². The second-order valence-corrected chi connectivity index (χ2v) is 5.70. The molecule has 0 atom stereocenters. The molecule has 0 saturated heterocycles. The molecule has 0 spiro atoms. The van der Waals surface area contributed by atoms with Gasteiger partial charge < -0.3 is 14.8 Å². The number of nitrogens with one attached hydrogen (secondary N) is 1. The van der Waals surface area contributed by atoms with Gasteiger partial charge in [0.25, 0.3) is 5.88 Å². The van der Waals surface area contributed by atoms with Crippen LogP contribution in [0, 0.1) is 15.9 Å². The zero-order valence-electron chi connectivity index (χ0n) is 14.3. The SMILES string of the molecule is O=c1[nH]c(/C=C/c2ccc(OCc3ccc(F)cc3)cc2)nc(O)c1[N+](=O)[O-]. The van der Waals surface area contributed by atoms with Crippen molar-refractivity contribution in [3.8, 4) is 11.6 Å². The van der Waals surface area contributed by atoms with Crippen molar-refractivity contribution in [2.24, 2.45) is 0 Å². The normalized spacial score (nSPS) is 10.9. The van der Waals surface area contributed by atoms with Crippen LogP contribution in [0.1, 0.15) is 17.0 Å². The average molecular weight is 383 g/mol. The van der Waals surface area contributed by atoms with Gasteiger partial charge in [0.2, 0.25) is 0 Å². The van der Waals surface area contributed by atoms with E-state index in [0.717, 1.165) is 11.1 Å². The number of nitro groups is 1. The third-order valence-corrected chi connectivity index (χ3v) is 3.71. The first-order valence-electron chi connectivity index (χ1n) is 8.05. The van der Waals surface area contributed by atoms with E-state index in [4.69, 9.17) is 4.74 Å². The molecule has 1 heterocycles. The van der Waals surface area contributed by atoms with Gasteiger partial charge >= 0.3 is 11.2 Å². The summed E-state index contributed by atoms with van der Waals surface area (Å²) in [6.07, 6.45) is 3.01. The molecule has 0 saturated carbocycles. The minimum Gasteiger partial charge on any atom is -0.489 e. The first-order valence-corrected chi connectivity index (χ1v) is 8.05. The minimum atomic E-state index is -1.04. The average Bonchev–Trinajstić information content (AvgIpc) is 2.66. The van der Waals surface area contributed by atoms with Gasteiger partial charge in [-0.3, -0.25) is 14.9 Å². The van der Waals surface area contributed by atoms with Gasteiger partial charge in [-0.1, -0.05) is 30.3 Å². The highest BCUT2D eigenvalue weighted by Crippen LogP contribution is 2.18. The van der Waals surface area contributed by atoms with Crippen molar-refractivity contribution in [1.29, 1.82) is 0 Å². The number of H-pyrrole nitrogens is 1. The number of aromatic hydroxyl groups is 1. The number of rotatable bonds is 6. The summed E-state index contributed by atoms with van der Waals surface area (Å²) in [4.78, 5) is 27.1. The molecule has 3 aromatic rings. The monoisotopic (exact) mass is 383 g/mol. The predicted octanol–water partition coefficient (Wildman–Crippen LogP) is 3.27. The van der Waals surface area contributed by atoms with Gasteiger partial charge in [0.05, 0.1) is 4.92 Å². The summed E-state index contributed by atoms with van der Waals surface area (Å²) in [5, 5.41) is 20.2. The van der Waals surface area contributed by atoms with E-state index < -0.39 is 22.0 Å². The molecule has 0 aliphatic heterocycles. The summed E-state index contributed by atoms with van der Waals surface area (Å²) in [6, 6.07) is 13.0. The molecule has 0 amide bonds. The Hall–Kier alpha value is -4.01. The molecule has 8 nitrogen and oxygen atoms in total. The number of halogens is 1. The summed E-state index contributed by atoms with van der Waals surface area (Å²) in [7, 11) is 0. The largest absolute Gasteiger partial charge is 0.489 e. The molecule has 9 heteroatoms. The number of benzene rings is 2. The highest BCUT2D eigenvalue weighted by atomic mass is 19.1. The van der Waals surface area contributed by atoms with Crippen molar-refractivity contribution in [2.75, 3.05) is 0 Å². The van der Waals surface area contributed by atoms with Gasteiger partial charge in [-0.05, 0) is 41.5 Å². The van der Waals surface area contributed by atoms with Crippen LogP contribution in [-0.4, -0.2) is 20.0 Å². The van der Waals surface area contributed by atoms with Gasteiger partial charge in [0.1, 0.15) is 24.0 Å². The molecule has 1 aromatic heterocycles. The molecular formula is C19H14FN3O5. The van der Waals surface area contributed by atoms with Crippen LogP contribution in [0.3, 0.4) is 0 Å². The van der Waals surface area contributed by atoms with Crippen molar-refractivity contribution in [3.05, 3.63) is 91.8 Å². The van der Waals surface area contributed by atoms with Crippen molar-refractivity contribution >= 4 is 17.8 Å². The van der Waals surface area contributed by atoms with Crippen LogP contribution in [0.15, 0.2) is 53.3 Å². The molecule has 2 aromatic carbocycles. The van der Waals surface area contributed by atoms with Crippen LogP contribution < -0.4 is 10.3 Å². The molecule has 0 radical (unpaired) electrons. The summed E-state index contributed by atoms with van der Waals surface area (Å²) in [5.74, 6) is -0.666. The van der Waals surface area contributed by atoms with E-state index in [9.17, 15) is 24.4 Å². The van der Waals surface area contributed by atoms with Crippen molar-refractivity contribution in [1.82, 2.24) is 9.97 Å². The Morgan fingerprint density at radius 1 is 1.14 bits per heavy atom. The topological polar surface area (TPSA) is 118 Å². The van der Waals surface area contributed by atoms with Crippen molar-refractivity contribution in [2.45, 2.75) is 6.61 Å². The number of aromatic amines is 1. The van der Waals surface area contributed by atoms with E-state index >= 15 is 0 Å².